The molecule has 1 atom stereocenters. The molecule has 1 N–H and O–H groups in total. The fourth-order valence-electron chi connectivity index (χ4n) is 2.41. The quantitative estimate of drug-likeness (QED) is 0.347. The van der Waals surface area contributed by atoms with Crippen LogP contribution in [0.1, 0.15) is 19.8 Å². The van der Waals surface area contributed by atoms with Crippen LogP contribution in [0, 0.1) is 0 Å². The summed E-state index contributed by atoms with van der Waals surface area (Å²) in [5, 5.41) is 0. The Morgan fingerprint density at radius 1 is 0.778 bits per heavy atom. The third-order valence-corrected chi connectivity index (χ3v) is 6.36. The van der Waals surface area contributed by atoms with Gasteiger partial charge in [0.25, 0.3) is 0 Å². The normalized spacial score (nSPS) is 11.5. The van der Waals surface area contributed by atoms with E-state index in [2.05, 4.69) is 95.7 Å². The van der Waals surface area contributed by atoms with Gasteiger partial charge in [0.2, 0.25) is 0 Å². The summed E-state index contributed by atoms with van der Waals surface area (Å²) in [4.78, 5) is 4.08. The highest BCUT2D eigenvalue weighted by atomic mass is 32.2. The zero-order chi connectivity index (χ0) is 19.3. The minimum Gasteiger partial charge on any atom is -0.760 e. The fraction of sp³-hybridized carbons (Fsp3) is 0.182. The molecule has 0 aliphatic heterocycles. The Morgan fingerprint density at radius 3 is 1.44 bits per heavy atom. The smallest absolute Gasteiger partial charge is 0.166 e. The van der Waals surface area contributed by atoms with Crippen molar-refractivity contribution in [3.63, 3.8) is 0 Å². The van der Waals surface area contributed by atoms with Crippen molar-refractivity contribution in [3.05, 3.63) is 91.0 Å². The first-order valence-corrected chi connectivity index (χ1v) is 11.2. The van der Waals surface area contributed by atoms with E-state index in [1.165, 1.54) is 14.7 Å². The van der Waals surface area contributed by atoms with E-state index < -0.39 is 11.3 Å². The molecule has 3 aromatic carbocycles. The maximum absolute atomic E-state index is 9.76. The van der Waals surface area contributed by atoms with Gasteiger partial charge in [0, 0.05) is 17.8 Å². The highest BCUT2D eigenvalue weighted by Gasteiger charge is 2.27. The van der Waals surface area contributed by atoms with Crippen molar-refractivity contribution in [2.45, 2.75) is 34.5 Å². The monoisotopic (exact) mass is 399 g/mol. The Morgan fingerprint density at radius 2 is 1.15 bits per heavy atom. The Balaban J connectivity index is 0.000000279. The predicted molar refractivity (Wildman–Crippen MR) is 113 cm³/mol. The number of rotatable bonds is 7. The van der Waals surface area contributed by atoms with Crippen LogP contribution in [0.15, 0.2) is 106 Å². The van der Waals surface area contributed by atoms with Gasteiger partial charge < -0.3 is 4.55 Å². The van der Waals surface area contributed by atoms with Crippen LogP contribution < -0.4 is 4.72 Å². The summed E-state index contributed by atoms with van der Waals surface area (Å²) in [6.45, 7) is 2.57. The molecule has 5 heteroatoms. The van der Waals surface area contributed by atoms with Crippen molar-refractivity contribution in [1.82, 2.24) is 4.72 Å². The lowest BCUT2D eigenvalue weighted by Crippen LogP contribution is -2.17. The molecule has 3 aromatic rings. The van der Waals surface area contributed by atoms with E-state index in [9.17, 15) is 8.76 Å². The molecule has 0 bridgehead atoms. The summed E-state index contributed by atoms with van der Waals surface area (Å²) in [5.74, 6) is 0. The summed E-state index contributed by atoms with van der Waals surface area (Å²) < 4.78 is 21.8. The summed E-state index contributed by atoms with van der Waals surface area (Å²) in [7, 11) is -0.0146. The molecule has 0 saturated carbocycles. The lowest BCUT2D eigenvalue weighted by atomic mass is 10.3. The van der Waals surface area contributed by atoms with E-state index in [1.807, 2.05) is 6.92 Å². The highest BCUT2D eigenvalue weighted by molar-refractivity contribution is 7.97. The molecule has 0 amide bonds. The summed E-state index contributed by atoms with van der Waals surface area (Å²) >= 11 is -2.07. The minimum atomic E-state index is -2.07. The van der Waals surface area contributed by atoms with Gasteiger partial charge in [0.15, 0.2) is 14.7 Å². The highest BCUT2D eigenvalue weighted by Crippen LogP contribution is 2.30. The van der Waals surface area contributed by atoms with Crippen LogP contribution >= 0.6 is 0 Å². The van der Waals surface area contributed by atoms with Crippen molar-refractivity contribution in [1.29, 1.82) is 0 Å². The molecule has 0 radical (unpaired) electrons. The van der Waals surface area contributed by atoms with Gasteiger partial charge in [-0.25, -0.2) is 4.72 Å². The molecule has 142 valence electrons. The van der Waals surface area contributed by atoms with Crippen LogP contribution in [0.2, 0.25) is 0 Å². The third kappa shape index (κ3) is 7.69. The molecule has 3 rings (SSSR count). The topological polar surface area (TPSA) is 52.2 Å². The molecule has 0 aliphatic rings. The van der Waals surface area contributed by atoms with Gasteiger partial charge in [-0.15, -0.1) is 0 Å². The summed E-state index contributed by atoms with van der Waals surface area (Å²) in [5.41, 5.74) is 0. The van der Waals surface area contributed by atoms with Crippen molar-refractivity contribution in [2.24, 2.45) is 0 Å². The van der Waals surface area contributed by atoms with Gasteiger partial charge in [-0.1, -0.05) is 67.9 Å². The van der Waals surface area contributed by atoms with Crippen molar-refractivity contribution in [3.8, 4) is 0 Å². The molecular formula is C22H25NO2S2. The van der Waals surface area contributed by atoms with Crippen molar-refractivity contribution >= 4 is 22.2 Å². The first-order valence-electron chi connectivity index (χ1n) is 8.94. The number of nitrogens with one attached hydrogen (secondary N) is 1. The molecule has 0 aromatic heterocycles. The van der Waals surface area contributed by atoms with Crippen LogP contribution in [0.5, 0.6) is 0 Å². The van der Waals surface area contributed by atoms with Gasteiger partial charge in [-0.05, 0) is 42.8 Å². The Labute approximate surface area is 167 Å². The predicted octanol–water partition coefficient (Wildman–Crippen LogP) is 4.95. The molecule has 3 nitrogen and oxygen atoms in total. The zero-order valence-corrected chi connectivity index (χ0v) is 17.0. The van der Waals surface area contributed by atoms with Crippen molar-refractivity contribution < 1.29 is 8.76 Å². The van der Waals surface area contributed by atoms with E-state index in [1.54, 1.807) is 0 Å². The second kappa shape index (κ2) is 12.5. The van der Waals surface area contributed by atoms with Crippen LogP contribution in [0.25, 0.3) is 0 Å². The lowest BCUT2D eigenvalue weighted by Gasteiger charge is -2.07. The molecule has 0 heterocycles. The molecular weight excluding hydrogens is 374 g/mol. The Hall–Kier alpha value is -1.92. The van der Waals surface area contributed by atoms with Crippen molar-refractivity contribution in [2.75, 3.05) is 6.54 Å². The fourth-order valence-corrected chi connectivity index (χ4v) is 4.83. The number of hydrogen-bond donors (Lipinski definition) is 1. The van der Waals surface area contributed by atoms with Gasteiger partial charge in [-0.2, -0.15) is 0 Å². The number of unbranched alkanes of at least 4 members (excludes halogenated alkanes) is 1. The molecule has 0 saturated heterocycles. The van der Waals surface area contributed by atoms with Gasteiger partial charge in [0.05, 0.1) is 10.9 Å². The molecule has 1 unspecified atom stereocenters. The zero-order valence-electron chi connectivity index (χ0n) is 15.4. The third-order valence-electron chi connectivity index (χ3n) is 3.69. The first-order chi connectivity index (χ1) is 13.2. The Bertz CT molecular complexity index is 689. The van der Waals surface area contributed by atoms with Gasteiger partial charge in [0.1, 0.15) is 0 Å². The molecule has 27 heavy (non-hydrogen) atoms. The second-order valence-corrected chi connectivity index (χ2v) is 8.51. The van der Waals surface area contributed by atoms with E-state index in [4.69, 9.17) is 0 Å². The van der Waals surface area contributed by atoms with E-state index in [-0.39, 0.29) is 10.9 Å². The standard InChI is InChI=1S/C18H15S.C4H11NO2S/c1-4-10-16(11-5-1)19(17-12-6-2-7-13-17)18-14-8-3-9-15-18;1-2-3-4-5-8(6)7/h1-15H;5H,2-4H2,1H3,(H,6,7)/q+1;/p-1. The average Bonchev–Trinajstić information content (AvgIpc) is 2.71. The summed E-state index contributed by atoms with van der Waals surface area (Å²) in [6.07, 6.45) is 1.93. The molecule has 0 aliphatic carbocycles. The van der Waals surface area contributed by atoms with Crippen LogP contribution in [0.3, 0.4) is 0 Å². The van der Waals surface area contributed by atoms with Crippen LogP contribution in [0.4, 0.5) is 0 Å². The maximum atomic E-state index is 9.76. The second-order valence-electron chi connectivity index (χ2n) is 5.73. The van der Waals surface area contributed by atoms with E-state index in [0.717, 1.165) is 12.8 Å². The minimum absolute atomic E-state index is 0.0146. The van der Waals surface area contributed by atoms with Crippen LogP contribution in [-0.4, -0.2) is 15.3 Å². The average molecular weight is 400 g/mol. The van der Waals surface area contributed by atoms with Gasteiger partial charge >= 0.3 is 0 Å². The van der Waals surface area contributed by atoms with E-state index >= 15 is 0 Å². The van der Waals surface area contributed by atoms with Gasteiger partial charge in [-0.3, -0.25) is 4.21 Å². The summed E-state index contributed by atoms with van der Waals surface area (Å²) in [6, 6.07) is 32.2. The number of hydrogen-bond acceptors (Lipinski definition) is 2. The number of benzene rings is 3. The largest absolute Gasteiger partial charge is 0.760 e. The van der Waals surface area contributed by atoms with Crippen LogP contribution in [-0.2, 0) is 22.2 Å². The molecule has 0 spiro atoms. The SMILES string of the molecule is CCCCNS(=O)[O-].c1ccc([S+](c2ccccc2)c2ccccc2)cc1. The Kier molecular flexibility index (Phi) is 9.87. The van der Waals surface area contributed by atoms with E-state index in [0.29, 0.717) is 6.54 Å². The lowest BCUT2D eigenvalue weighted by molar-refractivity contribution is 0.521. The maximum Gasteiger partial charge on any atom is 0.166 e. The molecule has 0 fully saturated rings. The first kappa shape index (κ1) is 21.4.